The van der Waals surface area contributed by atoms with Crippen LogP contribution in [-0.2, 0) is 10.0 Å². The van der Waals surface area contributed by atoms with E-state index >= 15 is 0 Å². The van der Waals surface area contributed by atoms with Crippen LogP contribution in [0.2, 0.25) is 0 Å². The van der Waals surface area contributed by atoms with E-state index in [4.69, 9.17) is 0 Å². The highest BCUT2D eigenvalue weighted by atomic mass is 32.2. The number of aromatic hydroxyl groups is 1. The Morgan fingerprint density at radius 1 is 1.00 bits per heavy atom. The average molecular weight is 314 g/mol. The monoisotopic (exact) mass is 314 g/mol. The summed E-state index contributed by atoms with van der Waals surface area (Å²) in [5.74, 6) is 0.436. The van der Waals surface area contributed by atoms with Gasteiger partial charge in [-0.05, 0) is 43.3 Å². The molecule has 1 N–H and O–H groups in total. The number of aromatic nitrogens is 2. The Morgan fingerprint density at radius 2 is 1.64 bits per heavy atom. The molecule has 1 heterocycles. The van der Waals surface area contributed by atoms with Gasteiger partial charge in [0.05, 0.1) is 10.6 Å². The van der Waals surface area contributed by atoms with E-state index < -0.39 is 10.0 Å². The van der Waals surface area contributed by atoms with E-state index in [1.54, 1.807) is 49.4 Å². The zero-order valence-electron chi connectivity index (χ0n) is 11.8. The van der Waals surface area contributed by atoms with E-state index in [-0.39, 0.29) is 10.6 Å². The number of phenols is 1. The molecule has 0 fully saturated rings. The van der Waals surface area contributed by atoms with E-state index in [2.05, 4.69) is 4.98 Å². The topological polar surface area (TPSA) is 72.2 Å². The lowest BCUT2D eigenvalue weighted by Crippen LogP contribution is -2.13. The van der Waals surface area contributed by atoms with Crippen molar-refractivity contribution in [1.29, 1.82) is 0 Å². The minimum atomic E-state index is -3.72. The molecule has 112 valence electrons. The molecule has 0 saturated carbocycles. The minimum Gasteiger partial charge on any atom is -0.508 e. The van der Waals surface area contributed by atoms with Gasteiger partial charge in [0.2, 0.25) is 0 Å². The number of hydrogen-bond donors (Lipinski definition) is 1. The number of hydrogen-bond acceptors (Lipinski definition) is 4. The van der Waals surface area contributed by atoms with Crippen molar-refractivity contribution >= 4 is 10.0 Å². The molecule has 0 radical (unpaired) electrons. The molecule has 2 aromatic carbocycles. The largest absolute Gasteiger partial charge is 0.508 e. The molecule has 0 aliphatic rings. The predicted molar refractivity (Wildman–Crippen MR) is 83.1 cm³/mol. The molecule has 3 aromatic rings. The molecular formula is C16H14N2O3S. The minimum absolute atomic E-state index is 0.115. The SMILES string of the molecule is Cc1cn(S(=O)(=O)c2ccccc2)c(-c2ccc(O)cc2)n1. The van der Waals surface area contributed by atoms with Gasteiger partial charge in [-0.1, -0.05) is 18.2 Å². The van der Waals surface area contributed by atoms with Crippen LogP contribution >= 0.6 is 0 Å². The van der Waals surface area contributed by atoms with Gasteiger partial charge in [-0.3, -0.25) is 0 Å². The quantitative estimate of drug-likeness (QED) is 0.807. The lowest BCUT2D eigenvalue weighted by atomic mass is 10.2. The third-order valence-electron chi connectivity index (χ3n) is 3.22. The van der Waals surface area contributed by atoms with E-state index in [1.165, 1.54) is 22.3 Å². The maximum atomic E-state index is 12.8. The summed E-state index contributed by atoms with van der Waals surface area (Å²) in [6, 6.07) is 14.5. The third kappa shape index (κ3) is 2.48. The maximum absolute atomic E-state index is 12.8. The summed E-state index contributed by atoms with van der Waals surface area (Å²) in [5, 5.41) is 9.37. The van der Waals surface area contributed by atoms with Crippen molar-refractivity contribution in [3.05, 3.63) is 66.5 Å². The standard InChI is InChI=1S/C16H14N2O3S/c1-12-11-18(22(20,21)15-5-3-2-4-6-15)16(17-12)13-7-9-14(19)10-8-13/h2-11,19H,1H3. The molecule has 0 bridgehead atoms. The summed E-state index contributed by atoms with van der Waals surface area (Å²) in [4.78, 5) is 4.51. The second kappa shape index (κ2) is 5.31. The zero-order chi connectivity index (χ0) is 15.7. The van der Waals surface area contributed by atoms with Crippen molar-refractivity contribution in [2.75, 3.05) is 0 Å². The number of phenolic OH excluding ortho intramolecular Hbond substituents is 1. The Labute approximate surface area is 128 Å². The molecule has 0 saturated heterocycles. The van der Waals surface area contributed by atoms with E-state index in [0.717, 1.165) is 0 Å². The Bertz CT molecular complexity index is 898. The molecule has 0 amide bonds. The molecule has 6 heteroatoms. The van der Waals surface area contributed by atoms with Crippen LogP contribution < -0.4 is 0 Å². The van der Waals surface area contributed by atoms with Crippen molar-refractivity contribution in [1.82, 2.24) is 8.96 Å². The lowest BCUT2D eigenvalue weighted by Gasteiger charge is -2.09. The lowest BCUT2D eigenvalue weighted by molar-refractivity contribution is 0.475. The van der Waals surface area contributed by atoms with Crippen molar-refractivity contribution in [2.24, 2.45) is 0 Å². The molecule has 0 spiro atoms. The van der Waals surface area contributed by atoms with Crippen molar-refractivity contribution < 1.29 is 13.5 Å². The number of benzene rings is 2. The fourth-order valence-corrected chi connectivity index (χ4v) is 3.56. The van der Waals surface area contributed by atoms with E-state index in [9.17, 15) is 13.5 Å². The fraction of sp³-hybridized carbons (Fsp3) is 0.0625. The number of rotatable bonds is 3. The van der Waals surface area contributed by atoms with Crippen molar-refractivity contribution in [3.8, 4) is 17.1 Å². The summed E-state index contributed by atoms with van der Waals surface area (Å²) >= 11 is 0. The normalized spacial score (nSPS) is 11.5. The molecule has 5 nitrogen and oxygen atoms in total. The smallest absolute Gasteiger partial charge is 0.269 e. The van der Waals surface area contributed by atoms with Crippen molar-refractivity contribution in [3.63, 3.8) is 0 Å². The number of imidazole rings is 1. The van der Waals surface area contributed by atoms with E-state index in [0.29, 0.717) is 17.1 Å². The summed E-state index contributed by atoms with van der Waals surface area (Å²) in [7, 11) is -3.72. The highest BCUT2D eigenvalue weighted by Crippen LogP contribution is 2.25. The first kappa shape index (κ1) is 14.3. The Balaban J connectivity index is 2.19. The van der Waals surface area contributed by atoms with Crippen LogP contribution in [-0.4, -0.2) is 22.5 Å². The molecule has 3 rings (SSSR count). The van der Waals surface area contributed by atoms with Gasteiger partial charge in [0.25, 0.3) is 10.0 Å². The van der Waals surface area contributed by atoms with Crippen LogP contribution in [0.4, 0.5) is 0 Å². The summed E-state index contributed by atoms with van der Waals surface area (Å²) < 4.78 is 26.7. The second-order valence-electron chi connectivity index (χ2n) is 4.87. The van der Waals surface area contributed by atoms with E-state index in [1.807, 2.05) is 0 Å². The molecule has 0 aliphatic heterocycles. The first-order chi connectivity index (χ1) is 10.5. The molecule has 0 atom stereocenters. The molecule has 22 heavy (non-hydrogen) atoms. The van der Waals surface area contributed by atoms with Crippen LogP contribution in [0.15, 0.2) is 65.7 Å². The summed E-state index contributed by atoms with van der Waals surface area (Å²) in [6.07, 6.45) is 1.49. The van der Waals surface area contributed by atoms with Crippen molar-refractivity contribution in [2.45, 2.75) is 11.8 Å². The van der Waals surface area contributed by atoms with Crippen LogP contribution in [0.25, 0.3) is 11.4 Å². The first-order valence-electron chi connectivity index (χ1n) is 6.64. The molecule has 0 aliphatic carbocycles. The molecule has 0 unspecified atom stereocenters. The molecule has 1 aromatic heterocycles. The second-order valence-corrected chi connectivity index (χ2v) is 6.68. The van der Waals surface area contributed by atoms with Gasteiger partial charge < -0.3 is 5.11 Å². The van der Waals surface area contributed by atoms with Crippen LogP contribution in [0.1, 0.15) is 5.69 Å². The summed E-state index contributed by atoms with van der Waals surface area (Å²) in [6.45, 7) is 1.74. The van der Waals surface area contributed by atoms with Crippen LogP contribution in [0.3, 0.4) is 0 Å². The summed E-state index contributed by atoms with van der Waals surface area (Å²) in [5.41, 5.74) is 1.22. The predicted octanol–water partition coefficient (Wildman–Crippen LogP) is 2.80. The third-order valence-corrected chi connectivity index (χ3v) is 4.88. The highest BCUT2D eigenvalue weighted by molar-refractivity contribution is 7.90. The van der Waals surface area contributed by atoms with Gasteiger partial charge in [-0.25, -0.2) is 17.4 Å². The maximum Gasteiger partial charge on any atom is 0.269 e. The highest BCUT2D eigenvalue weighted by Gasteiger charge is 2.21. The fourth-order valence-electron chi connectivity index (χ4n) is 2.17. The average Bonchev–Trinajstić information content (AvgIpc) is 2.92. The zero-order valence-corrected chi connectivity index (χ0v) is 12.7. The first-order valence-corrected chi connectivity index (χ1v) is 8.08. The van der Waals surface area contributed by atoms with Crippen LogP contribution in [0, 0.1) is 6.92 Å². The Kier molecular flexibility index (Phi) is 3.46. The van der Waals surface area contributed by atoms with Crippen LogP contribution in [0.5, 0.6) is 5.75 Å². The Hall–Kier alpha value is -2.60. The van der Waals surface area contributed by atoms with Gasteiger partial charge in [0.15, 0.2) is 5.82 Å². The Morgan fingerprint density at radius 3 is 2.27 bits per heavy atom. The number of nitrogens with zero attached hydrogens (tertiary/aromatic N) is 2. The van der Waals surface area contributed by atoms with Gasteiger partial charge in [0, 0.05) is 11.8 Å². The van der Waals surface area contributed by atoms with Gasteiger partial charge in [0.1, 0.15) is 5.75 Å². The molecular weight excluding hydrogens is 300 g/mol. The van der Waals surface area contributed by atoms with Gasteiger partial charge in [-0.15, -0.1) is 0 Å². The number of aryl methyl sites for hydroxylation is 1. The van der Waals surface area contributed by atoms with Gasteiger partial charge >= 0.3 is 0 Å². The van der Waals surface area contributed by atoms with Gasteiger partial charge in [-0.2, -0.15) is 0 Å².